The second kappa shape index (κ2) is 5.27. The quantitative estimate of drug-likeness (QED) is 0.781. The number of nitrogens with two attached hydrogens (primary N) is 1. The summed E-state index contributed by atoms with van der Waals surface area (Å²) in [5, 5.41) is 8.86. The predicted octanol–water partition coefficient (Wildman–Crippen LogP) is 1.36. The Balaban J connectivity index is 1.56. The maximum Gasteiger partial charge on any atom is 0.228 e. The lowest BCUT2D eigenvalue weighted by Crippen LogP contribution is -2.44. The highest BCUT2D eigenvalue weighted by atomic mass is 16.5. The van der Waals surface area contributed by atoms with Crippen molar-refractivity contribution in [2.75, 3.05) is 0 Å². The van der Waals surface area contributed by atoms with Crippen molar-refractivity contribution in [3.63, 3.8) is 0 Å². The van der Waals surface area contributed by atoms with Crippen LogP contribution in [-0.4, -0.2) is 19.9 Å². The fraction of sp³-hybridized carbons (Fsp3) is 0.375. The van der Waals surface area contributed by atoms with Crippen LogP contribution in [0.5, 0.6) is 0 Å². The molecule has 0 bridgehead atoms. The Hall–Kier alpha value is -2.54. The first-order valence-corrected chi connectivity index (χ1v) is 7.73. The molecule has 0 spiro atoms. The van der Waals surface area contributed by atoms with Gasteiger partial charge in [0, 0.05) is 11.8 Å². The largest absolute Gasteiger partial charge is 0.339 e. The fourth-order valence-electron chi connectivity index (χ4n) is 2.88. The van der Waals surface area contributed by atoms with Crippen molar-refractivity contribution in [3.05, 3.63) is 52.4 Å². The molecule has 2 heterocycles. The minimum Gasteiger partial charge on any atom is -0.339 e. The van der Waals surface area contributed by atoms with Gasteiger partial charge < -0.3 is 10.3 Å². The molecular weight excluding hydrogens is 294 g/mol. The molecule has 118 valence electrons. The van der Waals surface area contributed by atoms with Gasteiger partial charge in [-0.05, 0) is 31.4 Å². The lowest BCUT2D eigenvalue weighted by Gasteiger charge is -2.34. The molecule has 1 aromatic carbocycles. The predicted molar refractivity (Wildman–Crippen MR) is 83.7 cm³/mol. The zero-order valence-corrected chi connectivity index (χ0v) is 12.6. The van der Waals surface area contributed by atoms with Crippen molar-refractivity contribution in [3.8, 4) is 0 Å². The standard InChI is InChI=1S/C16H17N5O2/c17-16(7-3-8-16)15-19-14(23-20-15)6-9-21-12-5-2-1-4-11(12)13(22)10-18-21/h1-2,4-5,10H,3,6-9,17H2. The Bertz CT molecular complexity index is 910. The smallest absolute Gasteiger partial charge is 0.228 e. The van der Waals surface area contributed by atoms with Crippen LogP contribution in [0.15, 0.2) is 39.8 Å². The van der Waals surface area contributed by atoms with Crippen LogP contribution < -0.4 is 11.2 Å². The van der Waals surface area contributed by atoms with E-state index in [-0.39, 0.29) is 5.43 Å². The van der Waals surface area contributed by atoms with Crippen molar-refractivity contribution in [1.29, 1.82) is 0 Å². The first kappa shape index (κ1) is 14.1. The topological polar surface area (TPSA) is 99.8 Å². The number of hydrogen-bond acceptors (Lipinski definition) is 6. The van der Waals surface area contributed by atoms with Crippen LogP contribution in [0.3, 0.4) is 0 Å². The molecule has 0 unspecified atom stereocenters. The maximum absolute atomic E-state index is 11.8. The summed E-state index contributed by atoms with van der Waals surface area (Å²) >= 11 is 0. The van der Waals surface area contributed by atoms with Crippen LogP contribution in [0, 0.1) is 0 Å². The van der Waals surface area contributed by atoms with Gasteiger partial charge in [-0.1, -0.05) is 17.3 Å². The minimum absolute atomic E-state index is 0.0769. The number of para-hydroxylation sites is 1. The molecule has 0 amide bonds. The Labute approximate surface area is 132 Å². The van der Waals surface area contributed by atoms with Gasteiger partial charge in [0.25, 0.3) is 0 Å². The van der Waals surface area contributed by atoms with Gasteiger partial charge in [0.05, 0.1) is 23.8 Å². The van der Waals surface area contributed by atoms with E-state index in [0.717, 1.165) is 24.8 Å². The highest BCUT2D eigenvalue weighted by Gasteiger charge is 2.38. The average molecular weight is 311 g/mol. The van der Waals surface area contributed by atoms with Gasteiger partial charge in [0.1, 0.15) is 0 Å². The van der Waals surface area contributed by atoms with E-state index in [2.05, 4.69) is 15.2 Å². The van der Waals surface area contributed by atoms with Gasteiger partial charge >= 0.3 is 0 Å². The summed E-state index contributed by atoms with van der Waals surface area (Å²) in [6, 6.07) is 7.42. The Kier molecular flexibility index (Phi) is 3.23. The van der Waals surface area contributed by atoms with Crippen LogP contribution in [0.2, 0.25) is 0 Å². The summed E-state index contributed by atoms with van der Waals surface area (Å²) in [4.78, 5) is 16.2. The van der Waals surface area contributed by atoms with Gasteiger partial charge in [-0.25, -0.2) is 0 Å². The molecule has 1 aliphatic rings. The summed E-state index contributed by atoms with van der Waals surface area (Å²) in [6.07, 6.45) is 4.79. The number of benzene rings is 1. The molecule has 1 fully saturated rings. The van der Waals surface area contributed by atoms with Crippen molar-refractivity contribution in [2.24, 2.45) is 5.73 Å². The zero-order valence-electron chi connectivity index (χ0n) is 12.6. The van der Waals surface area contributed by atoms with Crippen LogP contribution in [0.1, 0.15) is 31.0 Å². The van der Waals surface area contributed by atoms with Crippen molar-refractivity contribution >= 4 is 10.9 Å². The SMILES string of the molecule is NC1(c2noc(CCn3ncc(=O)c4ccccc43)n2)CCC1. The first-order valence-electron chi connectivity index (χ1n) is 7.73. The molecule has 1 saturated carbocycles. The van der Waals surface area contributed by atoms with E-state index in [1.54, 1.807) is 10.7 Å². The lowest BCUT2D eigenvalue weighted by molar-refractivity contribution is 0.229. The third-order valence-corrected chi connectivity index (χ3v) is 4.46. The molecular formula is C16H17N5O2. The molecule has 0 atom stereocenters. The molecule has 0 aliphatic heterocycles. The molecule has 1 aliphatic carbocycles. The monoisotopic (exact) mass is 311 g/mol. The molecule has 2 aromatic heterocycles. The van der Waals surface area contributed by atoms with Crippen LogP contribution in [0.25, 0.3) is 10.9 Å². The number of nitrogens with zero attached hydrogens (tertiary/aromatic N) is 4. The number of fused-ring (bicyclic) bond motifs is 1. The molecule has 3 aromatic rings. The molecule has 2 N–H and O–H groups in total. The number of rotatable bonds is 4. The van der Waals surface area contributed by atoms with E-state index in [1.165, 1.54) is 6.20 Å². The van der Waals surface area contributed by atoms with Gasteiger partial charge in [0.15, 0.2) is 5.82 Å². The first-order chi connectivity index (χ1) is 11.2. The van der Waals surface area contributed by atoms with Crippen molar-refractivity contribution in [1.82, 2.24) is 19.9 Å². The normalized spacial score (nSPS) is 16.4. The Morgan fingerprint density at radius 1 is 1.30 bits per heavy atom. The van der Waals surface area contributed by atoms with Crippen LogP contribution in [-0.2, 0) is 18.5 Å². The zero-order chi connectivity index (χ0) is 15.9. The summed E-state index contributed by atoms with van der Waals surface area (Å²) < 4.78 is 7.08. The van der Waals surface area contributed by atoms with Gasteiger partial charge in [-0.2, -0.15) is 10.1 Å². The van der Waals surface area contributed by atoms with Gasteiger partial charge in [0.2, 0.25) is 11.3 Å². The van der Waals surface area contributed by atoms with E-state index >= 15 is 0 Å². The molecule has 7 nitrogen and oxygen atoms in total. The maximum atomic E-state index is 11.8. The second-order valence-electron chi connectivity index (χ2n) is 6.02. The fourth-order valence-corrected chi connectivity index (χ4v) is 2.88. The van der Waals surface area contributed by atoms with Crippen molar-refractivity contribution < 1.29 is 4.52 Å². The minimum atomic E-state index is -0.413. The summed E-state index contributed by atoms with van der Waals surface area (Å²) in [6.45, 7) is 0.556. The van der Waals surface area contributed by atoms with E-state index in [1.807, 2.05) is 18.2 Å². The van der Waals surface area contributed by atoms with Gasteiger partial charge in [-0.15, -0.1) is 0 Å². The third kappa shape index (κ3) is 2.43. The lowest BCUT2D eigenvalue weighted by atomic mass is 9.77. The molecule has 7 heteroatoms. The highest BCUT2D eigenvalue weighted by Crippen LogP contribution is 2.36. The summed E-state index contributed by atoms with van der Waals surface area (Å²) in [7, 11) is 0. The number of aromatic nitrogens is 4. The summed E-state index contributed by atoms with van der Waals surface area (Å²) in [5.41, 5.74) is 6.51. The van der Waals surface area contributed by atoms with Crippen LogP contribution >= 0.6 is 0 Å². The number of aryl methyl sites for hydroxylation is 2. The molecule has 0 radical (unpaired) electrons. The number of hydrogen-bond donors (Lipinski definition) is 1. The molecule has 0 saturated heterocycles. The van der Waals surface area contributed by atoms with Crippen LogP contribution in [0.4, 0.5) is 0 Å². The van der Waals surface area contributed by atoms with E-state index < -0.39 is 5.54 Å². The molecule has 23 heavy (non-hydrogen) atoms. The van der Waals surface area contributed by atoms with E-state index in [9.17, 15) is 4.79 Å². The van der Waals surface area contributed by atoms with Crippen molar-refractivity contribution in [2.45, 2.75) is 37.8 Å². The Morgan fingerprint density at radius 3 is 2.91 bits per heavy atom. The van der Waals surface area contributed by atoms with Gasteiger partial charge in [-0.3, -0.25) is 9.48 Å². The Morgan fingerprint density at radius 2 is 2.13 bits per heavy atom. The average Bonchev–Trinajstić information content (AvgIpc) is 3.02. The molecule has 4 rings (SSSR count). The van der Waals surface area contributed by atoms with E-state index in [0.29, 0.717) is 30.1 Å². The highest BCUT2D eigenvalue weighted by molar-refractivity contribution is 5.77. The summed E-state index contributed by atoms with van der Waals surface area (Å²) in [5.74, 6) is 1.14. The third-order valence-electron chi connectivity index (χ3n) is 4.46. The second-order valence-corrected chi connectivity index (χ2v) is 6.02. The van der Waals surface area contributed by atoms with E-state index in [4.69, 9.17) is 10.3 Å².